The van der Waals surface area contributed by atoms with Crippen molar-refractivity contribution in [2.45, 2.75) is 0 Å². The number of nitrogens with one attached hydrogen (secondary N) is 2. The number of hydrogen-bond donors (Lipinski definition) is 2. The van der Waals surface area contributed by atoms with Crippen LogP contribution in [0.1, 0.15) is 15.9 Å². The van der Waals surface area contributed by atoms with Gasteiger partial charge in [-0.1, -0.05) is 18.2 Å². The van der Waals surface area contributed by atoms with Crippen LogP contribution in [0.25, 0.3) is 0 Å². The average Bonchev–Trinajstić information content (AvgIpc) is 2.65. The van der Waals surface area contributed by atoms with Crippen LogP contribution in [0.5, 0.6) is 11.5 Å². The maximum atomic E-state index is 12.4. The molecular formula is C18H17N3O4. The third-order valence-corrected chi connectivity index (χ3v) is 3.39. The zero-order valence-corrected chi connectivity index (χ0v) is 13.8. The highest BCUT2D eigenvalue weighted by atomic mass is 16.5. The zero-order valence-electron chi connectivity index (χ0n) is 13.8. The molecule has 2 rings (SSSR count). The summed E-state index contributed by atoms with van der Waals surface area (Å²) < 4.78 is 10.3. The van der Waals surface area contributed by atoms with Gasteiger partial charge in [-0.25, -0.2) is 0 Å². The number of benzene rings is 2. The van der Waals surface area contributed by atoms with Gasteiger partial charge in [0.1, 0.15) is 23.1 Å². The van der Waals surface area contributed by atoms with E-state index in [0.717, 1.165) is 0 Å². The first-order valence-corrected chi connectivity index (χ1v) is 7.39. The Bertz CT molecular complexity index is 805. The van der Waals surface area contributed by atoms with Crippen LogP contribution < -0.4 is 20.1 Å². The number of ether oxygens (including phenoxy) is 2. The minimum atomic E-state index is -0.502. The highest BCUT2D eigenvalue weighted by molar-refractivity contribution is 6.03. The van der Waals surface area contributed by atoms with Gasteiger partial charge in [0.05, 0.1) is 32.0 Å². The predicted octanol–water partition coefficient (Wildman–Crippen LogP) is 1.94. The summed E-state index contributed by atoms with van der Waals surface area (Å²) in [7, 11) is 2.88. The fourth-order valence-corrected chi connectivity index (χ4v) is 2.21. The van der Waals surface area contributed by atoms with Crippen molar-refractivity contribution in [3.8, 4) is 17.6 Å². The normalized spacial score (nSPS) is 9.64. The molecule has 128 valence electrons. The number of carbonyl (C=O) groups is 2. The van der Waals surface area contributed by atoms with E-state index >= 15 is 0 Å². The largest absolute Gasteiger partial charge is 0.496 e. The first-order valence-electron chi connectivity index (χ1n) is 7.39. The van der Waals surface area contributed by atoms with Gasteiger partial charge < -0.3 is 20.1 Å². The summed E-state index contributed by atoms with van der Waals surface area (Å²) in [4.78, 5) is 24.4. The molecule has 0 saturated carbocycles. The number of nitriles is 1. The number of para-hydroxylation sites is 1. The molecule has 0 atom stereocenters. The third-order valence-electron chi connectivity index (χ3n) is 3.39. The molecule has 0 radical (unpaired) electrons. The van der Waals surface area contributed by atoms with E-state index in [1.54, 1.807) is 42.5 Å². The molecule has 0 heterocycles. The summed E-state index contributed by atoms with van der Waals surface area (Å²) >= 11 is 0. The Kier molecular flexibility index (Phi) is 5.96. The lowest BCUT2D eigenvalue weighted by Crippen LogP contribution is -2.33. The van der Waals surface area contributed by atoms with E-state index < -0.39 is 11.8 Å². The van der Waals surface area contributed by atoms with Gasteiger partial charge in [0.25, 0.3) is 5.91 Å². The Morgan fingerprint density at radius 2 is 1.68 bits per heavy atom. The Balaban J connectivity index is 2.05. The Morgan fingerprint density at radius 1 is 1.04 bits per heavy atom. The van der Waals surface area contributed by atoms with E-state index in [1.165, 1.54) is 14.2 Å². The molecule has 0 aliphatic heterocycles. The number of rotatable bonds is 6. The van der Waals surface area contributed by atoms with Gasteiger partial charge in [0, 0.05) is 0 Å². The van der Waals surface area contributed by atoms with Gasteiger partial charge in [-0.2, -0.15) is 5.26 Å². The Morgan fingerprint density at radius 3 is 2.28 bits per heavy atom. The lowest BCUT2D eigenvalue weighted by atomic mass is 10.1. The molecule has 0 aromatic heterocycles. The molecule has 0 spiro atoms. The molecule has 0 saturated heterocycles. The van der Waals surface area contributed by atoms with Gasteiger partial charge in [0.2, 0.25) is 5.91 Å². The van der Waals surface area contributed by atoms with Gasteiger partial charge >= 0.3 is 0 Å². The fraction of sp³-hybridized carbons (Fsp3) is 0.167. The van der Waals surface area contributed by atoms with Gasteiger partial charge in [-0.3, -0.25) is 9.59 Å². The van der Waals surface area contributed by atoms with Gasteiger partial charge in [-0.05, 0) is 24.3 Å². The number of amides is 2. The molecule has 2 amide bonds. The van der Waals surface area contributed by atoms with Crippen molar-refractivity contribution < 1.29 is 19.1 Å². The molecule has 0 aliphatic carbocycles. The lowest BCUT2D eigenvalue weighted by molar-refractivity contribution is -0.115. The molecule has 2 aromatic rings. The number of carbonyl (C=O) groups excluding carboxylic acids is 2. The van der Waals surface area contributed by atoms with Crippen LogP contribution >= 0.6 is 0 Å². The number of nitrogens with zero attached hydrogens (tertiary/aromatic N) is 1. The van der Waals surface area contributed by atoms with Crippen molar-refractivity contribution in [3.05, 3.63) is 53.6 Å². The Labute approximate surface area is 145 Å². The van der Waals surface area contributed by atoms with Crippen LogP contribution in [0.2, 0.25) is 0 Å². The molecule has 7 nitrogen and oxygen atoms in total. The fourth-order valence-electron chi connectivity index (χ4n) is 2.21. The van der Waals surface area contributed by atoms with Crippen molar-refractivity contribution in [1.82, 2.24) is 5.32 Å². The first-order chi connectivity index (χ1) is 12.1. The SMILES string of the molecule is COc1cccc(OC)c1C(=O)NCC(=O)Nc1ccccc1C#N. The molecule has 0 bridgehead atoms. The van der Waals surface area contributed by atoms with Crippen molar-refractivity contribution in [2.24, 2.45) is 0 Å². The van der Waals surface area contributed by atoms with Crippen molar-refractivity contribution in [3.63, 3.8) is 0 Å². The van der Waals surface area contributed by atoms with Crippen LogP contribution in [0.3, 0.4) is 0 Å². The lowest BCUT2D eigenvalue weighted by Gasteiger charge is -2.13. The summed E-state index contributed by atoms with van der Waals surface area (Å²) in [6, 6.07) is 13.5. The van der Waals surface area contributed by atoms with E-state index in [4.69, 9.17) is 14.7 Å². The molecule has 2 N–H and O–H groups in total. The van der Waals surface area contributed by atoms with Crippen LogP contribution in [0.4, 0.5) is 5.69 Å². The monoisotopic (exact) mass is 339 g/mol. The number of methoxy groups -OCH3 is 2. The summed E-state index contributed by atoms with van der Waals surface area (Å²) in [5, 5.41) is 14.1. The molecule has 0 fully saturated rings. The summed E-state index contributed by atoms with van der Waals surface area (Å²) in [5.74, 6) is -0.276. The topological polar surface area (TPSA) is 100 Å². The Hall–Kier alpha value is -3.53. The zero-order chi connectivity index (χ0) is 18.2. The second-order valence-electron chi connectivity index (χ2n) is 4.93. The quantitative estimate of drug-likeness (QED) is 0.838. The molecule has 0 unspecified atom stereocenters. The van der Waals surface area contributed by atoms with Crippen LogP contribution in [0.15, 0.2) is 42.5 Å². The molecule has 7 heteroatoms. The number of hydrogen-bond acceptors (Lipinski definition) is 5. The second-order valence-corrected chi connectivity index (χ2v) is 4.93. The molecule has 2 aromatic carbocycles. The van der Waals surface area contributed by atoms with E-state index in [0.29, 0.717) is 22.7 Å². The summed E-state index contributed by atoms with van der Waals surface area (Å²) in [6.45, 7) is -0.264. The van der Waals surface area contributed by atoms with Crippen molar-refractivity contribution in [1.29, 1.82) is 5.26 Å². The molecule has 0 aliphatic rings. The maximum Gasteiger partial charge on any atom is 0.259 e. The summed E-state index contributed by atoms with van der Waals surface area (Å²) in [6.07, 6.45) is 0. The van der Waals surface area contributed by atoms with Gasteiger partial charge in [-0.15, -0.1) is 0 Å². The smallest absolute Gasteiger partial charge is 0.259 e. The van der Waals surface area contributed by atoms with Crippen molar-refractivity contribution >= 4 is 17.5 Å². The molecule has 25 heavy (non-hydrogen) atoms. The van der Waals surface area contributed by atoms with E-state index in [1.807, 2.05) is 6.07 Å². The minimum Gasteiger partial charge on any atom is -0.496 e. The number of anilines is 1. The standard InChI is InChI=1S/C18H17N3O4/c1-24-14-8-5-9-15(25-2)17(14)18(23)20-11-16(22)21-13-7-4-3-6-12(13)10-19/h3-9H,11H2,1-2H3,(H,20,23)(H,21,22). The first kappa shape index (κ1) is 17.8. The van der Waals surface area contributed by atoms with Crippen LogP contribution in [-0.4, -0.2) is 32.6 Å². The third kappa shape index (κ3) is 4.26. The van der Waals surface area contributed by atoms with E-state index in [9.17, 15) is 9.59 Å². The van der Waals surface area contributed by atoms with E-state index in [-0.39, 0.29) is 12.1 Å². The van der Waals surface area contributed by atoms with Crippen LogP contribution in [-0.2, 0) is 4.79 Å². The van der Waals surface area contributed by atoms with Crippen molar-refractivity contribution in [2.75, 3.05) is 26.1 Å². The maximum absolute atomic E-state index is 12.4. The minimum absolute atomic E-state index is 0.206. The van der Waals surface area contributed by atoms with Crippen LogP contribution in [0, 0.1) is 11.3 Å². The van der Waals surface area contributed by atoms with E-state index in [2.05, 4.69) is 10.6 Å². The predicted molar refractivity (Wildman–Crippen MR) is 91.7 cm³/mol. The highest BCUT2D eigenvalue weighted by Crippen LogP contribution is 2.27. The second kappa shape index (κ2) is 8.36. The summed E-state index contributed by atoms with van der Waals surface area (Å²) in [5.41, 5.74) is 0.936. The van der Waals surface area contributed by atoms with Gasteiger partial charge in [0.15, 0.2) is 0 Å². The molecular weight excluding hydrogens is 322 g/mol. The highest BCUT2D eigenvalue weighted by Gasteiger charge is 2.18. The average molecular weight is 339 g/mol.